The second-order valence-electron chi connectivity index (χ2n) is 3.78. The fraction of sp³-hybridized carbons (Fsp3) is 0.455. The normalized spacial score (nSPS) is 13.2. The molecule has 1 unspecified atom stereocenters. The van der Waals surface area contributed by atoms with E-state index in [9.17, 15) is 8.78 Å². The number of halogens is 2. The molecule has 1 aromatic rings. The molecule has 1 rings (SSSR count). The van der Waals surface area contributed by atoms with Crippen molar-refractivity contribution < 1.29 is 13.9 Å². The van der Waals surface area contributed by atoms with Crippen molar-refractivity contribution in [2.75, 3.05) is 13.6 Å². The second-order valence-corrected chi connectivity index (χ2v) is 3.78. The number of nitrogens with zero attached hydrogens (tertiary/aromatic N) is 1. The molecule has 1 aromatic carbocycles. The zero-order valence-electron chi connectivity index (χ0n) is 8.87. The van der Waals surface area contributed by atoms with Crippen molar-refractivity contribution in [1.29, 1.82) is 0 Å². The summed E-state index contributed by atoms with van der Waals surface area (Å²) in [6, 6.07) is 3.52. The van der Waals surface area contributed by atoms with E-state index in [1.165, 1.54) is 12.1 Å². The Morgan fingerprint density at radius 2 is 2.07 bits per heavy atom. The Morgan fingerprint density at radius 3 is 2.60 bits per heavy atom. The molecule has 0 aliphatic heterocycles. The highest BCUT2D eigenvalue weighted by Crippen LogP contribution is 2.11. The summed E-state index contributed by atoms with van der Waals surface area (Å²) >= 11 is 0. The van der Waals surface area contributed by atoms with Gasteiger partial charge in [0.25, 0.3) is 0 Å². The quantitative estimate of drug-likeness (QED) is 0.827. The molecule has 0 spiro atoms. The van der Waals surface area contributed by atoms with E-state index in [1.807, 2.05) is 0 Å². The molecule has 0 aliphatic rings. The Labute approximate surface area is 88.1 Å². The van der Waals surface area contributed by atoms with Crippen molar-refractivity contribution in [3.8, 4) is 0 Å². The smallest absolute Gasteiger partial charge is 0.130 e. The number of likely N-dealkylation sites (N-methyl/N-ethyl adjacent to an activating group) is 1. The molecule has 0 saturated heterocycles. The lowest BCUT2D eigenvalue weighted by Crippen LogP contribution is -2.27. The van der Waals surface area contributed by atoms with Gasteiger partial charge in [-0.1, -0.05) is 6.07 Å². The molecule has 0 aromatic heterocycles. The average molecular weight is 215 g/mol. The molecule has 1 N–H and O–H groups in total. The van der Waals surface area contributed by atoms with Gasteiger partial charge in [-0.2, -0.15) is 0 Å². The fourth-order valence-electron chi connectivity index (χ4n) is 1.46. The van der Waals surface area contributed by atoms with Crippen LogP contribution in [0.25, 0.3) is 0 Å². The first-order valence-electron chi connectivity index (χ1n) is 4.79. The first-order valence-corrected chi connectivity index (χ1v) is 4.79. The number of rotatable bonds is 4. The summed E-state index contributed by atoms with van der Waals surface area (Å²) in [5, 5.41) is 9.12. The summed E-state index contributed by atoms with van der Waals surface area (Å²) in [5.74, 6) is -1.12. The van der Waals surface area contributed by atoms with Crippen LogP contribution >= 0.6 is 0 Å². The van der Waals surface area contributed by atoms with Gasteiger partial charge in [-0.25, -0.2) is 8.78 Å². The van der Waals surface area contributed by atoms with E-state index in [0.29, 0.717) is 18.7 Å². The van der Waals surface area contributed by atoms with Gasteiger partial charge in [0.05, 0.1) is 6.10 Å². The Morgan fingerprint density at radius 1 is 1.40 bits per heavy atom. The average Bonchev–Trinajstić information content (AvgIpc) is 2.08. The van der Waals surface area contributed by atoms with Crippen molar-refractivity contribution in [3.05, 3.63) is 35.4 Å². The second kappa shape index (κ2) is 5.19. The van der Waals surface area contributed by atoms with Crippen molar-refractivity contribution in [3.63, 3.8) is 0 Å². The van der Waals surface area contributed by atoms with E-state index in [4.69, 9.17) is 5.11 Å². The van der Waals surface area contributed by atoms with Crippen molar-refractivity contribution in [1.82, 2.24) is 4.90 Å². The van der Waals surface area contributed by atoms with Crippen molar-refractivity contribution in [2.45, 2.75) is 19.6 Å². The molecule has 0 radical (unpaired) electrons. The van der Waals surface area contributed by atoms with E-state index in [0.717, 1.165) is 6.07 Å². The maximum Gasteiger partial charge on any atom is 0.130 e. The number of hydrogen-bond donors (Lipinski definition) is 1. The largest absolute Gasteiger partial charge is 0.392 e. The van der Waals surface area contributed by atoms with Crippen LogP contribution in [0.1, 0.15) is 12.5 Å². The molecule has 1 atom stereocenters. The molecule has 2 nitrogen and oxygen atoms in total. The van der Waals surface area contributed by atoms with Crippen LogP contribution in [0.3, 0.4) is 0 Å². The van der Waals surface area contributed by atoms with Gasteiger partial charge in [0.1, 0.15) is 11.6 Å². The monoisotopic (exact) mass is 215 g/mol. The number of hydrogen-bond acceptors (Lipinski definition) is 2. The van der Waals surface area contributed by atoms with Crippen LogP contribution in [0, 0.1) is 11.6 Å². The fourth-order valence-corrected chi connectivity index (χ4v) is 1.46. The highest BCUT2D eigenvalue weighted by atomic mass is 19.1. The minimum absolute atomic E-state index is 0.358. The lowest BCUT2D eigenvalue weighted by atomic mass is 10.2. The summed E-state index contributed by atoms with van der Waals surface area (Å²) < 4.78 is 25.8. The molecular formula is C11H15F2NO. The Balaban J connectivity index is 2.64. The molecule has 0 saturated carbocycles. The Kier molecular flexibility index (Phi) is 4.17. The highest BCUT2D eigenvalue weighted by Gasteiger charge is 2.08. The lowest BCUT2D eigenvalue weighted by Gasteiger charge is -2.18. The van der Waals surface area contributed by atoms with Crippen LogP contribution in [-0.2, 0) is 6.54 Å². The SMILES string of the molecule is CC(O)CN(C)Cc1ccc(F)cc1F. The minimum Gasteiger partial charge on any atom is -0.392 e. The number of aliphatic hydroxyl groups excluding tert-OH is 1. The molecule has 0 heterocycles. The molecule has 15 heavy (non-hydrogen) atoms. The van der Waals surface area contributed by atoms with E-state index < -0.39 is 17.7 Å². The zero-order valence-corrected chi connectivity index (χ0v) is 8.87. The molecule has 0 bridgehead atoms. The standard InChI is InChI=1S/C11H15F2NO/c1-8(15)6-14(2)7-9-3-4-10(12)5-11(9)13/h3-5,8,15H,6-7H2,1-2H3. The molecule has 84 valence electrons. The summed E-state index contributed by atoms with van der Waals surface area (Å²) in [6.07, 6.45) is -0.460. The van der Waals surface area contributed by atoms with E-state index in [2.05, 4.69) is 0 Å². The van der Waals surface area contributed by atoms with Gasteiger partial charge < -0.3 is 5.11 Å². The van der Waals surface area contributed by atoms with Gasteiger partial charge in [-0.05, 0) is 20.0 Å². The van der Waals surface area contributed by atoms with Crippen LogP contribution in [0.5, 0.6) is 0 Å². The molecular weight excluding hydrogens is 200 g/mol. The summed E-state index contributed by atoms with van der Waals surface area (Å²) in [7, 11) is 1.77. The van der Waals surface area contributed by atoms with E-state index >= 15 is 0 Å². The summed E-state index contributed by atoms with van der Waals surface area (Å²) in [4.78, 5) is 1.78. The van der Waals surface area contributed by atoms with Gasteiger partial charge in [0.2, 0.25) is 0 Å². The Hall–Kier alpha value is -1.00. The molecule has 0 fully saturated rings. The first-order chi connectivity index (χ1) is 6.99. The van der Waals surface area contributed by atoms with Gasteiger partial charge in [0, 0.05) is 24.7 Å². The third-order valence-electron chi connectivity index (χ3n) is 2.03. The van der Waals surface area contributed by atoms with E-state index in [-0.39, 0.29) is 0 Å². The predicted octanol–water partition coefficient (Wildman–Crippen LogP) is 1.78. The van der Waals surface area contributed by atoms with Crippen molar-refractivity contribution in [2.24, 2.45) is 0 Å². The third kappa shape index (κ3) is 3.93. The van der Waals surface area contributed by atoms with Crippen LogP contribution in [0.2, 0.25) is 0 Å². The van der Waals surface area contributed by atoms with Crippen molar-refractivity contribution >= 4 is 0 Å². The van der Waals surface area contributed by atoms with Gasteiger partial charge in [-0.15, -0.1) is 0 Å². The number of benzene rings is 1. The lowest BCUT2D eigenvalue weighted by molar-refractivity contribution is 0.137. The third-order valence-corrected chi connectivity index (χ3v) is 2.03. The van der Waals surface area contributed by atoms with Crippen LogP contribution in [0.4, 0.5) is 8.78 Å². The summed E-state index contributed by atoms with van der Waals surface area (Å²) in [6.45, 7) is 2.48. The minimum atomic E-state index is -0.575. The number of aliphatic hydroxyl groups is 1. The van der Waals surface area contributed by atoms with E-state index in [1.54, 1.807) is 18.9 Å². The topological polar surface area (TPSA) is 23.5 Å². The summed E-state index contributed by atoms with van der Waals surface area (Å²) in [5.41, 5.74) is 0.430. The van der Waals surface area contributed by atoms with Crippen LogP contribution < -0.4 is 0 Å². The molecule has 0 aliphatic carbocycles. The highest BCUT2D eigenvalue weighted by molar-refractivity contribution is 5.18. The maximum atomic E-state index is 13.2. The Bertz CT molecular complexity index is 328. The maximum absolute atomic E-state index is 13.2. The van der Waals surface area contributed by atoms with Gasteiger partial charge >= 0.3 is 0 Å². The van der Waals surface area contributed by atoms with Gasteiger partial charge in [0.15, 0.2) is 0 Å². The molecule has 4 heteroatoms. The van der Waals surface area contributed by atoms with Crippen LogP contribution in [-0.4, -0.2) is 29.7 Å². The predicted molar refractivity (Wildman–Crippen MR) is 54.4 cm³/mol. The van der Waals surface area contributed by atoms with Crippen LogP contribution in [0.15, 0.2) is 18.2 Å². The first kappa shape index (κ1) is 12.1. The van der Waals surface area contributed by atoms with Gasteiger partial charge in [-0.3, -0.25) is 4.90 Å². The zero-order chi connectivity index (χ0) is 11.4. The molecule has 0 amide bonds.